The molecule has 1 aromatic carbocycles. The van der Waals surface area contributed by atoms with Crippen LogP contribution >= 0.6 is 15.9 Å². The van der Waals surface area contributed by atoms with Crippen LogP contribution in [0, 0.1) is 5.82 Å². The van der Waals surface area contributed by atoms with Crippen molar-refractivity contribution in [2.45, 2.75) is 11.1 Å². The van der Waals surface area contributed by atoms with E-state index in [4.69, 9.17) is 10.2 Å². The number of alkyl halides is 1. The highest BCUT2D eigenvalue weighted by Crippen LogP contribution is 2.16. The Balaban J connectivity index is 2.71. The summed E-state index contributed by atoms with van der Waals surface area (Å²) in [5.41, 5.74) is 0.651. The van der Waals surface area contributed by atoms with E-state index in [1.807, 2.05) is 0 Å². The van der Waals surface area contributed by atoms with Crippen LogP contribution in [0.2, 0.25) is 0 Å². The van der Waals surface area contributed by atoms with Gasteiger partial charge in [-0.1, -0.05) is 12.1 Å². The Morgan fingerprint density at radius 2 is 1.75 bits per heavy atom. The first-order valence-electron chi connectivity index (χ1n) is 3.35. The predicted octanol–water partition coefficient (Wildman–Crippen LogP) is 1.40. The van der Waals surface area contributed by atoms with Crippen molar-refractivity contribution in [3.8, 4) is 0 Å². The Morgan fingerprint density at radius 3 is 2.17 bits per heavy atom. The first-order chi connectivity index (χ1) is 5.47. The Hall–Kier alpha value is -0.450. The van der Waals surface area contributed by atoms with Crippen LogP contribution in [-0.2, 0) is 6.42 Å². The lowest BCUT2D eigenvalue weighted by molar-refractivity contribution is -0.0671. The maximum Gasteiger partial charge on any atom is 0.225 e. The number of rotatable bonds is 2. The van der Waals surface area contributed by atoms with E-state index in [9.17, 15) is 4.39 Å². The summed E-state index contributed by atoms with van der Waals surface area (Å²) in [7, 11) is 0. The van der Waals surface area contributed by atoms with E-state index in [0.717, 1.165) is 0 Å². The van der Waals surface area contributed by atoms with Gasteiger partial charge in [-0.05, 0) is 33.6 Å². The summed E-state index contributed by atoms with van der Waals surface area (Å²) in [5.74, 6) is -0.338. The molecule has 0 saturated carbocycles. The van der Waals surface area contributed by atoms with Crippen LogP contribution < -0.4 is 0 Å². The quantitative estimate of drug-likeness (QED) is 0.600. The monoisotopic (exact) mass is 234 g/mol. The van der Waals surface area contributed by atoms with Gasteiger partial charge in [0.25, 0.3) is 0 Å². The van der Waals surface area contributed by atoms with Gasteiger partial charge < -0.3 is 10.2 Å². The molecule has 0 aliphatic heterocycles. The number of halogens is 2. The first-order valence-corrected chi connectivity index (χ1v) is 4.15. The lowest BCUT2D eigenvalue weighted by Crippen LogP contribution is -2.21. The van der Waals surface area contributed by atoms with Crippen LogP contribution in [0.5, 0.6) is 0 Å². The highest BCUT2D eigenvalue weighted by molar-refractivity contribution is 9.09. The molecule has 0 aliphatic carbocycles. The molecule has 0 aliphatic rings. The van der Waals surface area contributed by atoms with E-state index < -0.39 is 4.70 Å². The second-order valence-corrected chi connectivity index (χ2v) is 3.79. The fraction of sp³-hybridized carbons (Fsp3) is 0.250. The van der Waals surface area contributed by atoms with Crippen LogP contribution in [-0.4, -0.2) is 14.9 Å². The van der Waals surface area contributed by atoms with Gasteiger partial charge in [-0.3, -0.25) is 0 Å². The van der Waals surface area contributed by atoms with E-state index in [1.54, 1.807) is 0 Å². The minimum atomic E-state index is -1.91. The van der Waals surface area contributed by atoms with E-state index in [2.05, 4.69) is 15.9 Å². The van der Waals surface area contributed by atoms with Crippen molar-refractivity contribution in [3.63, 3.8) is 0 Å². The summed E-state index contributed by atoms with van der Waals surface area (Å²) >= 11 is 2.65. The summed E-state index contributed by atoms with van der Waals surface area (Å²) in [6.07, 6.45) is 0.0211. The van der Waals surface area contributed by atoms with Crippen LogP contribution in [0.25, 0.3) is 0 Å². The lowest BCUT2D eigenvalue weighted by Gasteiger charge is -2.12. The van der Waals surface area contributed by atoms with Crippen molar-refractivity contribution < 1.29 is 14.6 Å². The van der Waals surface area contributed by atoms with E-state index in [1.165, 1.54) is 24.3 Å². The topological polar surface area (TPSA) is 40.5 Å². The highest BCUT2D eigenvalue weighted by Gasteiger charge is 2.17. The normalized spacial score (nSPS) is 11.7. The molecule has 0 saturated heterocycles. The summed E-state index contributed by atoms with van der Waals surface area (Å²) in [6, 6.07) is 5.54. The molecule has 4 heteroatoms. The van der Waals surface area contributed by atoms with Crippen molar-refractivity contribution in [2.24, 2.45) is 0 Å². The van der Waals surface area contributed by atoms with Crippen LogP contribution in [0.4, 0.5) is 4.39 Å². The maximum atomic E-state index is 12.4. The number of benzene rings is 1. The standard InChI is InChI=1S/C8H8BrFO2/c9-8(11,12)5-6-1-3-7(10)4-2-6/h1-4,11-12H,5H2. The van der Waals surface area contributed by atoms with Gasteiger partial charge in [0.15, 0.2) is 0 Å². The number of aliphatic hydroxyl groups is 2. The van der Waals surface area contributed by atoms with Crippen molar-refractivity contribution in [1.29, 1.82) is 0 Å². The SMILES string of the molecule is OC(O)(Br)Cc1ccc(F)cc1. The smallest absolute Gasteiger partial charge is 0.225 e. The molecule has 0 aromatic heterocycles. The van der Waals surface area contributed by atoms with Crippen molar-refractivity contribution in [3.05, 3.63) is 35.6 Å². The van der Waals surface area contributed by atoms with Crippen molar-refractivity contribution in [1.82, 2.24) is 0 Å². The molecule has 0 amide bonds. The second-order valence-electron chi connectivity index (χ2n) is 2.52. The fourth-order valence-electron chi connectivity index (χ4n) is 0.862. The van der Waals surface area contributed by atoms with E-state index in [-0.39, 0.29) is 12.2 Å². The molecule has 66 valence electrons. The average Bonchev–Trinajstić information content (AvgIpc) is 1.91. The van der Waals surface area contributed by atoms with Gasteiger partial charge in [0.05, 0.1) is 0 Å². The summed E-state index contributed by atoms with van der Waals surface area (Å²) in [4.78, 5) is 0. The number of hydrogen-bond acceptors (Lipinski definition) is 2. The third-order valence-electron chi connectivity index (χ3n) is 1.34. The minimum absolute atomic E-state index is 0.0211. The van der Waals surface area contributed by atoms with Crippen LogP contribution in [0.15, 0.2) is 24.3 Å². The average molecular weight is 235 g/mol. The lowest BCUT2D eigenvalue weighted by atomic mass is 10.1. The molecule has 2 nitrogen and oxygen atoms in total. The maximum absolute atomic E-state index is 12.4. The molecule has 12 heavy (non-hydrogen) atoms. The predicted molar refractivity (Wildman–Crippen MR) is 46.2 cm³/mol. The summed E-state index contributed by atoms with van der Waals surface area (Å²) in [5, 5.41) is 17.8. The van der Waals surface area contributed by atoms with Gasteiger partial charge in [0.1, 0.15) is 5.82 Å². The molecule has 0 radical (unpaired) electrons. The molecule has 0 fully saturated rings. The molecule has 2 N–H and O–H groups in total. The molecule has 1 rings (SSSR count). The van der Waals surface area contributed by atoms with Gasteiger partial charge in [0, 0.05) is 6.42 Å². The molecule has 0 unspecified atom stereocenters. The van der Waals surface area contributed by atoms with Gasteiger partial charge in [-0.15, -0.1) is 0 Å². The molecule has 0 spiro atoms. The summed E-state index contributed by atoms with van der Waals surface area (Å²) < 4.78 is 10.5. The Morgan fingerprint density at radius 1 is 1.25 bits per heavy atom. The third kappa shape index (κ3) is 3.30. The molecule has 1 aromatic rings. The zero-order valence-corrected chi connectivity index (χ0v) is 7.75. The second kappa shape index (κ2) is 3.51. The Bertz CT molecular complexity index is 253. The first kappa shape index (κ1) is 9.64. The highest BCUT2D eigenvalue weighted by atomic mass is 79.9. The zero-order chi connectivity index (χ0) is 9.19. The molecule has 0 atom stereocenters. The molecular weight excluding hydrogens is 227 g/mol. The van der Waals surface area contributed by atoms with Crippen LogP contribution in [0.3, 0.4) is 0 Å². The van der Waals surface area contributed by atoms with Crippen molar-refractivity contribution in [2.75, 3.05) is 0 Å². The minimum Gasteiger partial charge on any atom is -0.357 e. The van der Waals surface area contributed by atoms with Gasteiger partial charge >= 0.3 is 0 Å². The third-order valence-corrected chi connectivity index (χ3v) is 1.62. The summed E-state index contributed by atoms with van der Waals surface area (Å²) in [6.45, 7) is 0. The van der Waals surface area contributed by atoms with Gasteiger partial charge in [-0.25, -0.2) is 4.39 Å². The fourth-order valence-corrected chi connectivity index (χ4v) is 1.19. The van der Waals surface area contributed by atoms with E-state index >= 15 is 0 Å². The van der Waals surface area contributed by atoms with Gasteiger partial charge in [0.2, 0.25) is 4.70 Å². The van der Waals surface area contributed by atoms with E-state index in [0.29, 0.717) is 5.56 Å². The molecular formula is C8H8BrFO2. The Labute approximate surface area is 77.8 Å². The van der Waals surface area contributed by atoms with Crippen LogP contribution in [0.1, 0.15) is 5.56 Å². The Kier molecular flexibility index (Phi) is 2.82. The van der Waals surface area contributed by atoms with Crippen molar-refractivity contribution >= 4 is 15.9 Å². The molecule has 0 heterocycles. The van der Waals surface area contributed by atoms with Gasteiger partial charge in [-0.2, -0.15) is 0 Å². The zero-order valence-electron chi connectivity index (χ0n) is 6.17. The largest absolute Gasteiger partial charge is 0.357 e. The molecule has 0 bridgehead atoms. The number of hydrogen-bond donors (Lipinski definition) is 2.